The first kappa shape index (κ1) is 12.7. The van der Waals surface area contributed by atoms with Crippen LogP contribution < -0.4 is 10.6 Å². The summed E-state index contributed by atoms with van der Waals surface area (Å²) in [5.74, 6) is 1.50. The monoisotopic (exact) mass is 240 g/mol. The summed E-state index contributed by atoms with van der Waals surface area (Å²) in [6.45, 7) is 8.58. The van der Waals surface area contributed by atoms with E-state index in [1.54, 1.807) is 0 Å². The summed E-state index contributed by atoms with van der Waals surface area (Å²) >= 11 is 0. The van der Waals surface area contributed by atoms with Crippen LogP contribution in [-0.4, -0.2) is 30.3 Å². The van der Waals surface area contributed by atoms with E-state index in [0.717, 1.165) is 5.92 Å². The minimum atomic E-state index is -0.419. The Kier molecular flexibility index (Phi) is 3.34. The maximum absolute atomic E-state index is 11.5. The Morgan fingerprint density at radius 1 is 1.41 bits per heavy atom. The molecule has 4 heteroatoms. The van der Waals surface area contributed by atoms with Gasteiger partial charge in [-0.05, 0) is 45.4 Å². The van der Waals surface area contributed by atoms with Gasteiger partial charge in [-0.3, -0.25) is 0 Å². The number of carbonyl (C=O) groups is 1. The first-order chi connectivity index (χ1) is 7.85. The van der Waals surface area contributed by atoms with Crippen molar-refractivity contribution in [1.82, 2.24) is 10.6 Å². The number of nitrogens with one attached hydrogen (secondary N) is 2. The van der Waals surface area contributed by atoms with E-state index >= 15 is 0 Å². The molecule has 2 atom stereocenters. The summed E-state index contributed by atoms with van der Waals surface area (Å²) in [7, 11) is 0. The summed E-state index contributed by atoms with van der Waals surface area (Å²) in [6, 6.07) is 1.08. The summed E-state index contributed by atoms with van der Waals surface area (Å²) in [4.78, 5) is 11.5. The van der Waals surface area contributed by atoms with E-state index in [4.69, 9.17) is 4.74 Å². The molecule has 2 aliphatic heterocycles. The normalized spacial score (nSPS) is 36.0. The Balaban J connectivity index is 1.73. The number of rotatable bonds is 2. The average Bonchev–Trinajstić information content (AvgIpc) is 2.11. The zero-order valence-electron chi connectivity index (χ0n) is 11.2. The number of carbonyl (C=O) groups excluding carboxylic acids is 1. The highest BCUT2D eigenvalue weighted by atomic mass is 16.6. The van der Waals surface area contributed by atoms with Crippen molar-refractivity contribution >= 4 is 6.09 Å². The van der Waals surface area contributed by atoms with Crippen LogP contribution >= 0.6 is 0 Å². The largest absolute Gasteiger partial charge is 0.444 e. The molecule has 3 rings (SSSR count). The molecule has 2 saturated heterocycles. The Labute approximate surface area is 103 Å². The van der Waals surface area contributed by atoms with Crippen LogP contribution in [0, 0.1) is 11.8 Å². The van der Waals surface area contributed by atoms with Crippen LogP contribution in [0.5, 0.6) is 0 Å². The van der Waals surface area contributed by atoms with Crippen LogP contribution in [-0.2, 0) is 4.74 Å². The van der Waals surface area contributed by atoms with E-state index in [-0.39, 0.29) is 6.09 Å². The minimum absolute atomic E-state index is 0.314. The standard InChI is InChI=1S/C13H24N2O2/c1-8-9-5-10(6-9)15-11(8)7-14-12(16)17-13(2,3)4/h8-11,15H,5-7H2,1-4H3,(H,14,16)/t8-,9?,10?,11+/m0/s1. The molecule has 0 unspecified atom stereocenters. The van der Waals surface area contributed by atoms with Gasteiger partial charge in [0.25, 0.3) is 0 Å². The predicted octanol–water partition coefficient (Wildman–Crippen LogP) is 1.90. The molecule has 1 aliphatic carbocycles. The molecule has 0 aromatic heterocycles. The highest BCUT2D eigenvalue weighted by Crippen LogP contribution is 2.40. The highest BCUT2D eigenvalue weighted by Gasteiger charge is 2.42. The Bertz CT molecular complexity index is 292. The SMILES string of the molecule is C[C@H]1C2CC(C2)N[C@@H]1CNC(=O)OC(C)(C)C. The molecule has 98 valence electrons. The van der Waals surface area contributed by atoms with Gasteiger partial charge in [0.2, 0.25) is 0 Å². The van der Waals surface area contributed by atoms with E-state index in [9.17, 15) is 4.79 Å². The molecule has 1 amide bonds. The van der Waals surface area contributed by atoms with Gasteiger partial charge in [0, 0.05) is 18.6 Å². The first-order valence-electron chi connectivity index (χ1n) is 6.58. The zero-order chi connectivity index (χ0) is 12.6. The quantitative estimate of drug-likeness (QED) is 0.775. The second kappa shape index (κ2) is 4.48. The lowest BCUT2D eigenvalue weighted by molar-refractivity contribution is 0.0392. The molecule has 2 bridgehead atoms. The Hall–Kier alpha value is -0.770. The van der Waals surface area contributed by atoms with Crippen LogP contribution in [0.3, 0.4) is 0 Å². The van der Waals surface area contributed by atoms with E-state index in [1.165, 1.54) is 12.8 Å². The fourth-order valence-corrected chi connectivity index (χ4v) is 2.76. The van der Waals surface area contributed by atoms with Gasteiger partial charge in [-0.15, -0.1) is 0 Å². The molecule has 4 nitrogen and oxygen atoms in total. The summed E-state index contributed by atoms with van der Waals surface area (Å²) in [6.07, 6.45) is 2.31. The van der Waals surface area contributed by atoms with Crippen LogP contribution in [0.25, 0.3) is 0 Å². The van der Waals surface area contributed by atoms with Crippen molar-refractivity contribution in [2.75, 3.05) is 6.54 Å². The van der Waals surface area contributed by atoms with Crippen molar-refractivity contribution in [2.45, 2.75) is 58.2 Å². The molecular formula is C13H24N2O2. The number of fused-ring (bicyclic) bond motifs is 2. The second-order valence-electron chi connectivity index (χ2n) is 6.44. The van der Waals surface area contributed by atoms with E-state index in [0.29, 0.717) is 24.5 Å². The fourth-order valence-electron chi connectivity index (χ4n) is 2.76. The fraction of sp³-hybridized carbons (Fsp3) is 0.923. The third-order valence-corrected chi connectivity index (χ3v) is 3.87. The maximum atomic E-state index is 11.5. The Morgan fingerprint density at radius 2 is 2.06 bits per heavy atom. The van der Waals surface area contributed by atoms with Gasteiger partial charge in [-0.25, -0.2) is 4.79 Å². The molecule has 3 aliphatic rings. The topological polar surface area (TPSA) is 50.4 Å². The number of alkyl carbamates (subject to hydrolysis) is 1. The van der Waals surface area contributed by atoms with Crippen LogP contribution in [0.1, 0.15) is 40.5 Å². The first-order valence-corrected chi connectivity index (χ1v) is 6.58. The van der Waals surface area contributed by atoms with Gasteiger partial charge in [0.15, 0.2) is 0 Å². The van der Waals surface area contributed by atoms with Gasteiger partial charge >= 0.3 is 6.09 Å². The molecule has 1 saturated carbocycles. The molecule has 3 fully saturated rings. The van der Waals surface area contributed by atoms with Crippen molar-refractivity contribution in [1.29, 1.82) is 0 Å². The molecule has 2 N–H and O–H groups in total. The number of piperidine rings is 2. The molecule has 0 radical (unpaired) electrons. The van der Waals surface area contributed by atoms with Gasteiger partial charge in [0.05, 0.1) is 0 Å². The van der Waals surface area contributed by atoms with E-state index < -0.39 is 5.60 Å². The van der Waals surface area contributed by atoms with Crippen LogP contribution in [0.2, 0.25) is 0 Å². The molecule has 2 heterocycles. The zero-order valence-corrected chi connectivity index (χ0v) is 11.2. The number of hydrogen-bond donors (Lipinski definition) is 2. The van der Waals surface area contributed by atoms with E-state index in [1.807, 2.05) is 20.8 Å². The maximum Gasteiger partial charge on any atom is 0.407 e. The Morgan fingerprint density at radius 3 is 2.59 bits per heavy atom. The summed E-state index contributed by atoms with van der Waals surface area (Å²) in [5.41, 5.74) is -0.419. The van der Waals surface area contributed by atoms with Crippen LogP contribution in [0.4, 0.5) is 4.79 Å². The number of hydrogen-bond acceptors (Lipinski definition) is 3. The average molecular weight is 240 g/mol. The molecule has 0 aromatic rings. The lowest BCUT2D eigenvalue weighted by Gasteiger charge is -2.51. The van der Waals surface area contributed by atoms with Gasteiger partial charge in [-0.1, -0.05) is 6.92 Å². The third-order valence-electron chi connectivity index (χ3n) is 3.87. The van der Waals surface area contributed by atoms with Crippen molar-refractivity contribution in [3.05, 3.63) is 0 Å². The summed E-state index contributed by atoms with van der Waals surface area (Å²) in [5, 5.41) is 6.44. The van der Waals surface area contributed by atoms with Gasteiger partial charge < -0.3 is 15.4 Å². The molecular weight excluding hydrogens is 216 g/mol. The highest BCUT2D eigenvalue weighted by molar-refractivity contribution is 5.67. The second-order valence-corrected chi connectivity index (χ2v) is 6.44. The molecule has 17 heavy (non-hydrogen) atoms. The molecule has 0 aromatic carbocycles. The minimum Gasteiger partial charge on any atom is -0.444 e. The number of ether oxygens (including phenoxy) is 1. The predicted molar refractivity (Wildman–Crippen MR) is 66.8 cm³/mol. The summed E-state index contributed by atoms with van der Waals surface area (Å²) < 4.78 is 5.22. The number of amides is 1. The van der Waals surface area contributed by atoms with Crippen molar-refractivity contribution < 1.29 is 9.53 Å². The van der Waals surface area contributed by atoms with Crippen molar-refractivity contribution in [2.24, 2.45) is 11.8 Å². The molecule has 0 spiro atoms. The van der Waals surface area contributed by atoms with Gasteiger partial charge in [-0.2, -0.15) is 0 Å². The van der Waals surface area contributed by atoms with E-state index in [2.05, 4.69) is 17.6 Å². The van der Waals surface area contributed by atoms with Gasteiger partial charge in [0.1, 0.15) is 5.60 Å². The van der Waals surface area contributed by atoms with Crippen molar-refractivity contribution in [3.63, 3.8) is 0 Å². The lowest BCUT2D eigenvalue weighted by Crippen LogP contribution is -2.61. The third kappa shape index (κ3) is 3.12. The smallest absolute Gasteiger partial charge is 0.407 e. The van der Waals surface area contributed by atoms with Crippen molar-refractivity contribution in [3.8, 4) is 0 Å². The van der Waals surface area contributed by atoms with Crippen LogP contribution in [0.15, 0.2) is 0 Å². The lowest BCUT2D eigenvalue weighted by atomic mass is 9.66.